The maximum atomic E-state index is 11.1. The zero-order valence-electron chi connectivity index (χ0n) is 10.8. The monoisotopic (exact) mass is 291 g/mol. The van der Waals surface area contributed by atoms with Crippen LogP contribution in [0.15, 0.2) is 36.4 Å². The standard InChI is InChI=1S/C14H14ClN3O2/c1-20-13-5-3-9(15)7-12(13)18-11-4-2-8(14(17)19)6-10(11)16/h2-7,18H,16H2,1H3,(H2,17,19). The molecule has 0 heterocycles. The quantitative estimate of drug-likeness (QED) is 0.756. The highest BCUT2D eigenvalue weighted by Crippen LogP contribution is 2.32. The number of ether oxygens (including phenoxy) is 1. The van der Waals surface area contributed by atoms with Gasteiger partial charge in [0.2, 0.25) is 5.91 Å². The molecule has 0 spiro atoms. The molecule has 20 heavy (non-hydrogen) atoms. The molecule has 2 rings (SSSR count). The van der Waals surface area contributed by atoms with Crippen LogP contribution in [-0.4, -0.2) is 13.0 Å². The molecule has 2 aromatic carbocycles. The molecule has 0 aliphatic rings. The Labute approximate surface area is 121 Å². The minimum atomic E-state index is -0.524. The number of rotatable bonds is 4. The number of nitrogen functional groups attached to an aromatic ring is 1. The Morgan fingerprint density at radius 2 is 1.95 bits per heavy atom. The lowest BCUT2D eigenvalue weighted by Gasteiger charge is -2.13. The van der Waals surface area contributed by atoms with Crippen LogP contribution in [0.3, 0.4) is 0 Å². The van der Waals surface area contributed by atoms with Gasteiger partial charge in [-0.25, -0.2) is 0 Å². The third-order valence-corrected chi connectivity index (χ3v) is 3.00. The average Bonchev–Trinajstić information content (AvgIpc) is 2.41. The van der Waals surface area contributed by atoms with Crippen LogP contribution >= 0.6 is 11.6 Å². The van der Waals surface area contributed by atoms with Crippen LogP contribution in [0, 0.1) is 0 Å². The Morgan fingerprint density at radius 1 is 1.20 bits per heavy atom. The third kappa shape index (κ3) is 2.95. The normalized spacial score (nSPS) is 10.1. The van der Waals surface area contributed by atoms with E-state index in [1.807, 2.05) is 0 Å². The molecule has 0 aromatic heterocycles. The van der Waals surface area contributed by atoms with E-state index in [1.54, 1.807) is 37.4 Å². The van der Waals surface area contributed by atoms with E-state index in [1.165, 1.54) is 6.07 Å². The van der Waals surface area contributed by atoms with Gasteiger partial charge < -0.3 is 21.5 Å². The summed E-state index contributed by atoms with van der Waals surface area (Å²) >= 11 is 5.96. The predicted octanol–water partition coefficient (Wildman–Crippen LogP) is 2.77. The lowest BCUT2D eigenvalue weighted by Crippen LogP contribution is -2.11. The first kappa shape index (κ1) is 14.0. The van der Waals surface area contributed by atoms with Crippen molar-refractivity contribution in [1.29, 1.82) is 0 Å². The molecule has 1 amide bonds. The van der Waals surface area contributed by atoms with Crippen LogP contribution < -0.4 is 21.5 Å². The minimum absolute atomic E-state index is 0.353. The van der Waals surface area contributed by atoms with Crippen molar-refractivity contribution in [2.75, 3.05) is 18.2 Å². The van der Waals surface area contributed by atoms with Crippen LogP contribution in [0.25, 0.3) is 0 Å². The number of primary amides is 1. The average molecular weight is 292 g/mol. The van der Waals surface area contributed by atoms with E-state index < -0.39 is 5.91 Å². The van der Waals surface area contributed by atoms with E-state index in [0.29, 0.717) is 33.4 Å². The lowest BCUT2D eigenvalue weighted by atomic mass is 10.1. The number of hydrogen-bond donors (Lipinski definition) is 3. The third-order valence-electron chi connectivity index (χ3n) is 2.77. The molecule has 0 fully saturated rings. The van der Waals surface area contributed by atoms with Gasteiger partial charge >= 0.3 is 0 Å². The summed E-state index contributed by atoms with van der Waals surface area (Å²) in [5.74, 6) is 0.108. The summed E-state index contributed by atoms with van der Waals surface area (Å²) in [6, 6.07) is 9.99. The molecule has 0 bridgehead atoms. The molecule has 0 atom stereocenters. The summed E-state index contributed by atoms with van der Waals surface area (Å²) in [7, 11) is 1.56. The summed E-state index contributed by atoms with van der Waals surface area (Å²) in [5, 5.41) is 3.68. The Balaban J connectivity index is 2.35. The highest BCUT2D eigenvalue weighted by Gasteiger charge is 2.08. The number of hydrogen-bond acceptors (Lipinski definition) is 4. The number of carbonyl (C=O) groups is 1. The van der Waals surface area contributed by atoms with E-state index in [0.717, 1.165) is 0 Å². The fourth-order valence-electron chi connectivity index (χ4n) is 1.75. The smallest absolute Gasteiger partial charge is 0.248 e. The number of nitrogens with two attached hydrogens (primary N) is 2. The summed E-state index contributed by atoms with van der Waals surface area (Å²) in [6.07, 6.45) is 0. The van der Waals surface area contributed by atoms with Crippen molar-refractivity contribution < 1.29 is 9.53 Å². The SMILES string of the molecule is COc1ccc(Cl)cc1Nc1ccc(C(N)=O)cc1N. The number of nitrogens with one attached hydrogen (secondary N) is 1. The number of benzene rings is 2. The molecule has 2 aromatic rings. The first-order valence-corrected chi connectivity index (χ1v) is 6.19. The van der Waals surface area contributed by atoms with E-state index in [9.17, 15) is 4.79 Å². The molecular formula is C14H14ClN3O2. The van der Waals surface area contributed by atoms with Gasteiger partial charge in [-0.05, 0) is 36.4 Å². The number of amides is 1. The molecule has 0 aliphatic heterocycles. The molecule has 6 heteroatoms. The molecule has 5 N–H and O–H groups in total. The van der Waals surface area contributed by atoms with Crippen molar-refractivity contribution >= 4 is 34.6 Å². The molecule has 0 unspecified atom stereocenters. The summed E-state index contributed by atoms with van der Waals surface area (Å²) in [5.41, 5.74) is 13.2. The maximum Gasteiger partial charge on any atom is 0.248 e. The maximum absolute atomic E-state index is 11.1. The van der Waals surface area contributed by atoms with E-state index >= 15 is 0 Å². The largest absolute Gasteiger partial charge is 0.495 e. The molecule has 0 radical (unpaired) electrons. The topological polar surface area (TPSA) is 90.4 Å². The minimum Gasteiger partial charge on any atom is -0.495 e. The van der Waals surface area contributed by atoms with Gasteiger partial charge in [-0.15, -0.1) is 0 Å². The lowest BCUT2D eigenvalue weighted by molar-refractivity contribution is 0.100. The number of halogens is 1. The molecule has 104 valence electrons. The van der Waals surface area contributed by atoms with E-state index in [2.05, 4.69) is 5.32 Å². The molecule has 0 saturated carbocycles. The second kappa shape index (κ2) is 5.71. The Hall–Kier alpha value is -2.40. The van der Waals surface area contributed by atoms with Crippen LogP contribution in [0.4, 0.5) is 17.1 Å². The zero-order valence-corrected chi connectivity index (χ0v) is 11.6. The fourth-order valence-corrected chi connectivity index (χ4v) is 1.92. The fraction of sp³-hybridized carbons (Fsp3) is 0.0714. The summed E-state index contributed by atoms with van der Waals surface area (Å²) < 4.78 is 5.24. The van der Waals surface area contributed by atoms with Crippen molar-refractivity contribution in [3.63, 3.8) is 0 Å². The first-order chi connectivity index (χ1) is 9.51. The van der Waals surface area contributed by atoms with E-state index in [4.69, 9.17) is 27.8 Å². The predicted molar refractivity (Wildman–Crippen MR) is 80.7 cm³/mol. The zero-order chi connectivity index (χ0) is 14.7. The van der Waals surface area contributed by atoms with Crippen molar-refractivity contribution in [3.8, 4) is 5.75 Å². The van der Waals surface area contributed by atoms with Gasteiger partial charge in [-0.2, -0.15) is 0 Å². The summed E-state index contributed by atoms with van der Waals surface area (Å²) in [4.78, 5) is 11.1. The van der Waals surface area contributed by atoms with Crippen LogP contribution in [0.5, 0.6) is 5.75 Å². The summed E-state index contributed by atoms with van der Waals surface area (Å²) in [6.45, 7) is 0. The molecule has 0 aliphatic carbocycles. The van der Waals surface area contributed by atoms with Crippen molar-refractivity contribution in [1.82, 2.24) is 0 Å². The first-order valence-electron chi connectivity index (χ1n) is 5.81. The molecular weight excluding hydrogens is 278 g/mol. The second-order valence-electron chi connectivity index (χ2n) is 4.14. The second-order valence-corrected chi connectivity index (χ2v) is 4.57. The van der Waals surface area contributed by atoms with Gasteiger partial charge in [-0.1, -0.05) is 11.6 Å². The van der Waals surface area contributed by atoms with Crippen molar-refractivity contribution in [3.05, 3.63) is 47.0 Å². The van der Waals surface area contributed by atoms with E-state index in [-0.39, 0.29) is 0 Å². The number of methoxy groups -OCH3 is 1. The molecule has 5 nitrogen and oxygen atoms in total. The Bertz CT molecular complexity index is 659. The van der Waals surface area contributed by atoms with Crippen LogP contribution in [0.2, 0.25) is 5.02 Å². The Kier molecular flexibility index (Phi) is 4.00. The van der Waals surface area contributed by atoms with Gasteiger partial charge in [0.1, 0.15) is 5.75 Å². The van der Waals surface area contributed by atoms with Crippen molar-refractivity contribution in [2.45, 2.75) is 0 Å². The van der Waals surface area contributed by atoms with Gasteiger partial charge in [0, 0.05) is 10.6 Å². The van der Waals surface area contributed by atoms with Gasteiger partial charge in [0.25, 0.3) is 0 Å². The van der Waals surface area contributed by atoms with Crippen LogP contribution in [-0.2, 0) is 0 Å². The highest BCUT2D eigenvalue weighted by atomic mass is 35.5. The van der Waals surface area contributed by atoms with Gasteiger partial charge in [0.15, 0.2) is 0 Å². The van der Waals surface area contributed by atoms with Gasteiger partial charge in [0.05, 0.1) is 24.2 Å². The molecule has 0 saturated heterocycles. The van der Waals surface area contributed by atoms with Crippen LogP contribution in [0.1, 0.15) is 10.4 Å². The van der Waals surface area contributed by atoms with Gasteiger partial charge in [-0.3, -0.25) is 4.79 Å². The van der Waals surface area contributed by atoms with Crippen molar-refractivity contribution in [2.24, 2.45) is 5.73 Å². The number of carbonyl (C=O) groups excluding carboxylic acids is 1. The number of anilines is 3. The highest BCUT2D eigenvalue weighted by molar-refractivity contribution is 6.31. The Morgan fingerprint density at radius 3 is 2.55 bits per heavy atom.